The molecule has 18 N–H and O–H groups in total. The van der Waals surface area contributed by atoms with Crippen LogP contribution in [0.15, 0.2) is 0 Å². The molecule has 0 heterocycles. The van der Waals surface area contributed by atoms with Crippen molar-refractivity contribution in [1.29, 1.82) is 0 Å². The summed E-state index contributed by atoms with van der Waals surface area (Å²) >= 11 is 0. The molecule has 31 heteroatoms. The van der Waals surface area contributed by atoms with Crippen molar-refractivity contribution >= 4 is 98.3 Å². The van der Waals surface area contributed by atoms with Gasteiger partial charge in [0.25, 0.3) is 0 Å². The second-order valence-corrected chi connectivity index (χ2v) is 9.24. The molecule has 0 aromatic rings. The van der Waals surface area contributed by atoms with Gasteiger partial charge < -0.3 is 88.1 Å². The molecule has 0 amide bonds. The Morgan fingerprint density at radius 3 is 0.226 bits per heavy atom. The van der Waals surface area contributed by atoms with Crippen molar-refractivity contribution in [2.45, 2.75) is 0 Å². The SMILES string of the molecule is O=P(O)(O)O.O=P(O)(O)O.O=P(O)(O)O.O=P(O)(O)O.O=P(O)(O)O.O=P(O)(O)O.[K]. The fourth-order valence-corrected chi connectivity index (χ4v) is 0. The van der Waals surface area contributed by atoms with Crippen molar-refractivity contribution < 1.29 is 115 Å². The third-order valence-electron chi connectivity index (χ3n) is 0. The summed E-state index contributed by atoms with van der Waals surface area (Å²) in [6.45, 7) is 0. The van der Waals surface area contributed by atoms with Gasteiger partial charge in [-0.3, -0.25) is 0 Å². The van der Waals surface area contributed by atoms with Crippen molar-refractivity contribution in [3.63, 3.8) is 0 Å². The van der Waals surface area contributed by atoms with E-state index in [1.807, 2.05) is 0 Å². The summed E-state index contributed by atoms with van der Waals surface area (Å²) in [6, 6.07) is 0. The molecule has 0 aromatic heterocycles. The molecule has 0 spiro atoms. The first kappa shape index (κ1) is 50.2. The van der Waals surface area contributed by atoms with Crippen LogP contribution in [0.2, 0.25) is 0 Å². The molecule has 0 aliphatic carbocycles. The van der Waals surface area contributed by atoms with E-state index in [4.69, 9.17) is 115 Å². The second kappa shape index (κ2) is 21.6. The molecule has 0 saturated carbocycles. The molecule has 24 nitrogen and oxygen atoms in total. The van der Waals surface area contributed by atoms with E-state index in [2.05, 4.69) is 0 Å². The minimum absolute atomic E-state index is 0. The van der Waals surface area contributed by atoms with E-state index in [-0.39, 0.29) is 51.4 Å². The minimum Gasteiger partial charge on any atom is -0.303 e. The van der Waals surface area contributed by atoms with Crippen molar-refractivity contribution in [1.82, 2.24) is 0 Å². The van der Waals surface area contributed by atoms with E-state index in [1.165, 1.54) is 0 Å². The third kappa shape index (κ3) is 5620. The molecule has 1 radical (unpaired) electrons. The quantitative estimate of drug-likeness (QED) is 0.0877. The minimum atomic E-state index is -4.64. The van der Waals surface area contributed by atoms with Crippen molar-refractivity contribution in [3.05, 3.63) is 0 Å². The molecule has 0 fully saturated rings. The van der Waals surface area contributed by atoms with Crippen molar-refractivity contribution in [2.75, 3.05) is 0 Å². The molecule has 0 aliphatic rings. The Morgan fingerprint density at radius 1 is 0.226 bits per heavy atom. The van der Waals surface area contributed by atoms with Gasteiger partial charge in [0.1, 0.15) is 0 Å². The zero-order valence-electron chi connectivity index (χ0n) is 14.2. The standard InChI is InChI=1S/K.6H3O4P/c;6*1-5(2,3)4/h;6*(H3,1,2,3,4). The average molecular weight is 627 g/mol. The molecule has 0 aliphatic heterocycles. The zero-order valence-corrected chi connectivity index (χ0v) is 22.7. The first-order valence-corrected chi connectivity index (χ1v) is 14.1. The summed E-state index contributed by atoms with van der Waals surface area (Å²) in [5, 5.41) is 0. The summed E-state index contributed by atoms with van der Waals surface area (Å²) in [6.07, 6.45) is 0. The summed E-state index contributed by atoms with van der Waals surface area (Å²) in [7, 11) is -27.8. The smallest absolute Gasteiger partial charge is 0.303 e. The number of hydrogen-bond acceptors (Lipinski definition) is 6. The van der Waals surface area contributed by atoms with Crippen LogP contribution in [0.3, 0.4) is 0 Å². The normalized spacial score (nSPS) is 11.4. The van der Waals surface area contributed by atoms with Crippen molar-refractivity contribution in [3.8, 4) is 0 Å². The van der Waals surface area contributed by atoms with Gasteiger partial charge in [-0.1, -0.05) is 0 Å². The van der Waals surface area contributed by atoms with E-state index in [0.29, 0.717) is 0 Å². The van der Waals surface area contributed by atoms with Crippen LogP contribution < -0.4 is 0 Å². The molecular formula is H18KO24P6. The molecular weight excluding hydrogens is 609 g/mol. The maximum absolute atomic E-state index is 8.88. The Morgan fingerprint density at radius 2 is 0.226 bits per heavy atom. The zero-order chi connectivity index (χ0) is 27.0. The van der Waals surface area contributed by atoms with E-state index < -0.39 is 46.9 Å². The van der Waals surface area contributed by atoms with Crippen LogP contribution in [0.1, 0.15) is 0 Å². The number of rotatable bonds is 0. The Kier molecular flexibility index (Phi) is 34.9. The average Bonchev–Trinajstić information content (AvgIpc) is 1.94. The van der Waals surface area contributed by atoms with Gasteiger partial charge >= 0.3 is 46.9 Å². The van der Waals surface area contributed by atoms with Crippen LogP contribution in [0, 0.1) is 0 Å². The molecule has 0 saturated heterocycles. The van der Waals surface area contributed by atoms with Crippen LogP contribution in [-0.2, 0) is 27.4 Å². The van der Waals surface area contributed by atoms with Crippen molar-refractivity contribution in [2.24, 2.45) is 0 Å². The van der Waals surface area contributed by atoms with E-state index in [0.717, 1.165) is 0 Å². The topological polar surface area (TPSA) is 467 Å². The van der Waals surface area contributed by atoms with Gasteiger partial charge in [-0.25, -0.2) is 27.4 Å². The molecule has 0 bridgehead atoms. The fourth-order valence-electron chi connectivity index (χ4n) is 0. The Labute approximate surface area is 212 Å². The summed E-state index contributed by atoms with van der Waals surface area (Å²) in [5.74, 6) is 0. The predicted molar refractivity (Wildman–Crippen MR) is 91.3 cm³/mol. The molecule has 193 valence electrons. The van der Waals surface area contributed by atoms with Crippen LogP contribution in [0.4, 0.5) is 0 Å². The van der Waals surface area contributed by atoms with Gasteiger partial charge in [-0.15, -0.1) is 0 Å². The summed E-state index contributed by atoms with van der Waals surface area (Å²) in [5.41, 5.74) is 0. The van der Waals surface area contributed by atoms with E-state index >= 15 is 0 Å². The van der Waals surface area contributed by atoms with Gasteiger partial charge in [0, 0.05) is 51.4 Å². The molecule has 0 rings (SSSR count). The predicted octanol–water partition coefficient (Wildman–Crippen LogP) is -5.95. The number of phosphoric acid groups is 6. The van der Waals surface area contributed by atoms with Crippen LogP contribution in [-0.4, -0.2) is 139 Å². The van der Waals surface area contributed by atoms with Crippen LogP contribution >= 0.6 is 46.9 Å². The maximum atomic E-state index is 8.88. The van der Waals surface area contributed by atoms with Gasteiger partial charge in [0.05, 0.1) is 0 Å². The first-order valence-electron chi connectivity index (χ1n) is 4.70. The largest absolute Gasteiger partial charge is 0.466 e. The Bertz CT molecular complexity index is 460. The first-order chi connectivity index (χ1) is 12.0. The van der Waals surface area contributed by atoms with Gasteiger partial charge in [-0.2, -0.15) is 0 Å². The fraction of sp³-hybridized carbons (Fsp3) is 0. The van der Waals surface area contributed by atoms with E-state index in [9.17, 15) is 0 Å². The van der Waals surface area contributed by atoms with Crippen LogP contribution in [0.25, 0.3) is 0 Å². The number of hydrogen-bond donors (Lipinski definition) is 18. The Balaban J connectivity index is -0.0000000443. The van der Waals surface area contributed by atoms with Gasteiger partial charge in [0.15, 0.2) is 0 Å². The maximum Gasteiger partial charge on any atom is 0.466 e. The molecule has 0 unspecified atom stereocenters. The second-order valence-electron chi connectivity index (χ2n) is 3.08. The van der Waals surface area contributed by atoms with Crippen LogP contribution in [0.5, 0.6) is 0 Å². The molecule has 0 aromatic carbocycles. The third-order valence-corrected chi connectivity index (χ3v) is 0. The molecule has 0 atom stereocenters. The Hall–Kier alpha value is 2.30. The molecule has 31 heavy (non-hydrogen) atoms. The van der Waals surface area contributed by atoms with Gasteiger partial charge in [-0.05, 0) is 0 Å². The summed E-state index contributed by atoms with van der Waals surface area (Å²) < 4.78 is 53.3. The monoisotopic (exact) mass is 627 g/mol. The van der Waals surface area contributed by atoms with Gasteiger partial charge in [0.2, 0.25) is 0 Å². The summed E-state index contributed by atoms with van der Waals surface area (Å²) in [4.78, 5) is 129. The van der Waals surface area contributed by atoms with E-state index in [1.54, 1.807) is 0 Å².